The molecule has 5 heteroatoms. The summed E-state index contributed by atoms with van der Waals surface area (Å²) in [6.07, 6.45) is 3.59. The fraction of sp³-hybridized carbons (Fsp3) is 1.00. The standard InChI is InChI=1S/C10H23O4P/c1-4-6-8-13-15(12,10(3)11)14-9-7-5-2/h10-11H,4-9H2,1-3H3. The topological polar surface area (TPSA) is 55.8 Å². The third kappa shape index (κ3) is 6.31. The molecular formula is C10H23O4P. The number of aliphatic hydroxyl groups excluding tert-OH is 1. The zero-order valence-corrected chi connectivity index (χ0v) is 10.8. The zero-order valence-electron chi connectivity index (χ0n) is 9.94. The fourth-order valence-electron chi connectivity index (χ4n) is 0.925. The Morgan fingerprint density at radius 3 is 1.80 bits per heavy atom. The molecule has 0 saturated heterocycles. The van der Waals surface area contributed by atoms with E-state index >= 15 is 0 Å². The summed E-state index contributed by atoms with van der Waals surface area (Å²) in [5.74, 6) is -1.05. The van der Waals surface area contributed by atoms with E-state index in [2.05, 4.69) is 0 Å². The predicted molar refractivity (Wildman–Crippen MR) is 61.0 cm³/mol. The van der Waals surface area contributed by atoms with Crippen molar-refractivity contribution in [3.63, 3.8) is 0 Å². The van der Waals surface area contributed by atoms with Crippen LogP contribution in [0.4, 0.5) is 0 Å². The van der Waals surface area contributed by atoms with Gasteiger partial charge in [0.05, 0.1) is 13.2 Å². The number of unbranched alkanes of at least 4 members (excludes halogenated alkanes) is 2. The van der Waals surface area contributed by atoms with E-state index in [0.717, 1.165) is 25.7 Å². The second-order valence-electron chi connectivity index (χ2n) is 3.55. The molecule has 0 aromatic carbocycles. The van der Waals surface area contributed by atoms with Crippen LogP contribution in [-0.2, 0) is 13.6 Å². The highest BCUT2D eigenvalue weighted by Crippen LogP contribution is 2.52. The summed E-state index contributed by atoms with van der Waals surface area (Å²) in [7, 11) is -3.30. The molecule has 92 valence electrons. The number of hydrogen-bond acceptors (Lipinski definition) is 4. The molecule has 0 heterocycles. The maximum Gasteiger partial charge on any atom is 0.358 e. The van der Waals surface area contributed by atoms with Gasteiger partial charge in [0.25, 0.3) is 0 Å². The van der Waals surface area contributed by atoms with E-state index in [1.807, 2.05) is 13.8 Å². The molecule has 0 aromatic rings. The van der Waals surface area contributed by atoms with Crippen molar-refractivity contribution < 1.29 is 18.7 Å². The van der Waals surface area contributed by atoms with E-state index < -0.39 is 13.4 Å². The molecule has 0 aliphatic carbocycles. The van der Waals surface area contributed by atoms with Crippen molar-refractivity contribution in [3.8, 4) is 0 Å². The smallest absolute Gasteiger partial charge is 0.358 e. The van der Waals surface area contributed by atoms with Crippen LogP contribution in [0.25, 0.3) is 0 Å². The summed E-state index contributed by atoms with van der Waals surface area (Å²) in [4.78, 5) is 0. The molecule has 0 spiro atoms. The molecule has 0 aliphatic rings. The highest BCUT2D eigenvalue weighted by Gasteiger charge is 2.30. The minimum Gasteiger partial charge on any atom is -0.381 e. The van der Waals surface area contributed by atoms with E-state index in [4.69, 9.17) is 9.05 Å². The highest BCUT2D eigenvalue weighted by molar-refractivity contribution is 7.54. The molecular weight excluding hydrogens is 215 g/mol. The summed E-state index contributed by atoms with van der Waals surface area (Å²) in [5, 5.41) is 9.36. The lowest BCUT2D eigenvalue weighted by Gasteiger charge is -2.20. The number of aliphatic hydroxyl groups is 1. The minimum atomic E-state index is -3.30. The molecule has 15 heavy (non-hydrogen) atoms. The third-order valence-electron chi connectivity index (χ3n) is 2.00. The molecule has 0 rings (SSSR count). The summed E-state index contributed by atoms with van der Waals surface area (Å²) >= 11 is 0. The van der Waals surface area contributed by atoms with Crippen LogP contribution < -0.4 is 0 Å². The van der Waals surface area contributed by atoms with Gasteiger partial charge in [-0.15, -0.1) is 0 Å². The van der Waals surface area contributed by atoms with Crippen molar-refractivity contribution in [1.29, 1.82) is 0 Å². The van der Waals surface area contributed by atoms with Gasteiger partial charge >= 0.3 is 7.60 Å². The Morgan fingerprint density at radius 2 is 1.53 bits per heavy atom. The molecule has 0 bridgehead atoms. The van der Waals surface area contributed by atoms with Gasteiger partial charge in [-0.1, -0.05) is 26.7 Å². The first kappa shape index (κ1) is 15.1. The van der Waals surface area contributed by atoms with Crippen LogP contribution in [-0.4, -0.2) is 24.2 Å². The van der Waals surface area contributed by atoms with Crippen LogP contribution >= 0.6 is 7.60 Å². The van der Waals surface area contributed by atoms with Gasteiger partial charge in [-0.2, -0.15) is 0 Å². The Labute approximate surface area is 92.5 Å². The van der Waals surface area contributed by atoms with Crippen LogP contribution in [0.3, 0.4) is 0 Å². The van der Waals surface area contributed by atoms with Gasteiger partial charge in [0.15, 0.2) is 5.85 Å². The molecule has 1 atom stereocenters. The fourth-order valence-corrected chi connectivity index (χ4v) is 2.20. The van der Waals surface area contributed by atoms with E-state index in [0.29, 0.717) is 13.2 Å². The lowest BCUT2D eigenvalue weighted by molar-refractivity contribution is 0.146. The molecule has 1 unspecified atom stereocenters. The second-order valence-corrected chi connectivity index (χ2v) is 5.89. The summed E-state index contributed by atoms with van der Waals surface area (Å²) < 4.78 is 22.3. The Kier molecular flexibility index (Phi) is 8.34. The normalized spacial score (nSPS) is 14.1. The third-order valence-corrected chi connectivity index (χ3v) is 4.00. The molecule has 4 nitrogen and oxygen atoms in total. The zero-order chi connectivity index (χ0) is 11.7. The maximum absolute atomic E-state index is 12.0. The molecule has 0 radical (unpaired) electrons. The van der Waals surface area contributed by atoms with Gasteiger partial charge in [0.1, 0.15) is 0 Å². The number of rotatable bonds is 9. The van der Waals surface area contributed by atoms with Crippen LogP contribution in [0, 0.1) is 0 Å². The van der Waals surface area contributed by atoms with Gasteiger partial charge < -0.3 is 14.2 Å². The van der Waals surface area contributed by atoms with Gasteiger partial charge in [-0.3, -0.25) is 4.57 Å². The Bertz CT molecular complexity index is 180. The van der Waals surface area contributed by atoms with Crippen molar-refractivity contribution in [1.82, 2.24) is 0 Å². The first-order valence-electron chi connectivity index (χ1n) is 5.63. The van der Waals surface area contributed by atoms with E-state index in [9.17, 15) is 9.67 Å². The van der Waals surface area contributed by atoms with E-state index in [-0.39, 0.29) is 0 Å². The monoisotopic (exact) mass is 238 g/mol. The van der Waals surface area contributed by atoms with Gasteiger partial charge in [0.2, 0.25) is 0 Å². The molecule has 0 aromatic heterocycles. The van der Waals surface area contributed by atoms with E-state index in [1.165, 1.54) is 6.92 Å². The Hall–Kier alpha value is 0.110. The molecule has 1 N–H and O–H groups in total. The van der Waals surface area contributed by atoms with Crippen molar-refractivity contribution in [2.75, 3.05) is 13.2 Å². The van der Waals surface area contributed by atoms with Gasteiger partial charge in [-0.25, -0.2) is 0 Å². The van der Waals surface area contributed by atoms with Crippen molar-refractivity contribution >= 4 is 7.60 Å². The van der Waals surface area contributed by atoms with Crippen molar-refractivity contribution in [2.24, 2.45) is 0 Å². The van der Waals surface area contributed by atoms with E-state index in [1.54, 1.807) is 0 Å². The minimum absolute atomic E-state index is 0.380. The molecule has 0 aliphatic heterocycles. The first-order valence-corrected chi connectivity index (χ1v) is 7.24. The molecule has 0 fully saturated rings. The summed E-state index contributed by atoms with van der Waals surface area (Å²) in [6, 6.07) is 0. The Balaban J connectivity index is 4.02. The average Bonchev–Trinajstić information content (AvgIpc) is 2.18. The lowest BCUT2D eigenvalue weighted by atomic mass is 10.4. The van der Waals surface area contributed by atoms with Crippen LogP contribution in [0.2, 0.25) is 0 Å². The quantitative estimate of drug-likeness (QED) is 0.495. The summed E-state index contributed by atoms with van der Waals surface area (Å²) in [5.41, 5.74) is 0. The number of hydrogen-bond donors (Lipinski definition) is 1. The van der Waals surface area contributed by atoms with Gasteiger partial charge in [0, 0.05) is 0 Å². The van der Waals surface area contributed by atoms with Crippen molar-refractivity contribution in [3.05, 3.63) is 0 Å². The largest absolute Gasteiger partial charge is 0.381 e. The second kappa shape index (κ2) is 8.28. The van der Waals surface area contributed by atoms with Crippen molar-refractivity contribution in [2.45, 2.75) is 52.3 Å². The maximum atomic E-state index is 12.0. The Morgan fingerprint density at radius 1 is 1.13 bits per heavy atom. The molecule has 0 amide bonds. The first-order chi connectivity index (χ1) is 7.06. The van der Waals surface area contributed by atoms with Crippen LogP contribution in [0.15, 0.2) is 0 Å². The van der Waals surface area contributed by atoms with Crippen LogP contribution in [0.5, 0.6) is 0 Å². The van der Waals surface area contributed by atoms with Crippen LogP contribution in [0.1, 0.15) is 46.5 Å². The van der Waals surface area contributed by atoms with Gasteiger partial charge in [-0.05, 0) is 19.8 Å². The average molecular weight is 238 g/mol. The predicted octanol–water partition coefficient (Wildman–Crippen LogP) is 3.15. The highest BCUT2D eigenvalue weighted by atomic mass is 31.2. The lowest BCUT2D eigenvalue weighted by Crippen LogP contribution is -2.10. The SMILES string of the molecule is CCCCOP(=O)(OCCCC)C(C)O. The summed E-state index contributed by atoms with van der Waals surface area (Å²) in [6.45, 7) is 6.25. The molecule has 0 saturated carbocycles.